The topological polar surface area (TPSA) is 58.6 Å². The van der Waals surface area contributed by atoms with Gasteiger partial charge in [-0.25, -0.2) is 8.42 Å². The number of sulfonamides is 1. The van der Waals surface area contributed by atoms with Crippen LogP contribution < -0.4 is 5.32 Å². The Bertz CT molecular complexity index is 593. The van der Waals surface area contributed by atoms with Crippen molar-refractivity contribution < 1.29 is 13.2 Å². The lowest BCUT2D eigenvalue weighted by Gasteiger charge is -2.24. The number of hydrogen-bond acceptors (Lipinski definition) is 4. The lowest BCUT2D eigenvalue weighted by atomic mass is 10.2. The smallest absolute Gasteiger partial charge is 0.244 e. The van der Waals surface area contributed by atoms with E-state index in [1.165, 1.54) is 30.6 Å². The maximum absolute atomic E-state index is 12.7. The number of methoxy groups -OCH3 is 1. The second-order valence-electron chi connectivity index (χ2n) is 4.73. The molecule has 0 spiro atoms. The SMILES string of the molecule is CNCc1cc(S(=O)(=O)N(C)C(C)COC)c(Cl)cc1Cl. The molecule has 1 atom stereocenters. The molecular weight excluding hydrogens is 335 g/mol. The van der Waals surface area contributed by atoms with Crippen LogP contribution in [-0.4, -0.2) is 46.6 Å². The highest BCUT2D eigenvalue weighted by Crippen LogP contribution is 2.30. The van der Waals surface area contributed by atoms with Crippen LogP contribution >= 0.6 is 23.2 Å². The van der Waals surface area contributed by atoms with Crippen LogP contribution in [-0.2, 0) is 21.3 Å². The fraction of sp³-hybridized carbons (Fsp3) is 0.538. The van der Waals surface area contributed by atoms with E-state index in [2.05, 4.69) is 5.32 Å². The number of halogens is 2. The first-order valence-corrected chi connectivity index (χ1v) is 8.54. The minimum absolute atomic E-state index is 0.0456. The zero-order chi connectivity index (χ0) is 16.2. The van der Waals surface area contributed by atoms with Crippen molar-refractivity contribution in [2.24, 2.45) is 0 Å². The standard InChI is InChI=1S/C13H20Cl2N2O3S/c1-9(8-20-4)17(3)21(18,19)13-5-10(7-16-2)11(14)6-12(13)15/h5-6,9,16H,7-8H2,1-4H3. The van der Waals surface area contributed by atoms with Gasteiger partial charge in [0.05, 0.1) is 11.6 Å². The molecule has 1 rings (SSSR count). The molecule has 1 N–H and O–H groups in total. The molecule has 0 aliphatic carbocycles. The van der Waals surface area contributed by atoms with E-state index >= 15 is 0 Å². The largest absolute Gasteiger partial charge is 0.383 e. The first-order valence-electron chi connectivity index (χ1n) is 6.35. The Morgan fingerprint density at radius 1 is 1.33 bits per heavy atom. The van der Waals surface area contributed by atoms with E-state index in [1.54, 1.807) is 14.0 Å². The van der Waals surface area contributed by atoms with Gasteiger partial charge in [-0.1, -0.05) is 23.2 Å². The lowest BCUT2D eigenvalue weighted by molar-refractivity contribution is 0.149. The van der Waals surface area contributed by atoms with Crippen LogP contribution in [0.25, 0.3) is 0 Å². The minimum atomic E-state index is -3.71. The molecule has 0 saturated carbocycles. The highest BCUT2D eigenvalue weighted by Gasteiger charge is 2.28. The van der Waals surface area contributed by atoms with E-state index in [4.69, 9.17) is 27.9 Å². The summed E-state index contributed by atoms with van der Waals surface area (Å²) in [4.78, 5) is 0.0456. The molecule has 0 radical (unpaired) electrons. The van der Waals surface area contributed by atoms with E-state index in [9.17, 15) is 8.42 Å². The molecule has 0 aliphatic rings. The maximum atomic E-state index is 12.7. The van der Waals surface area contributed by atoms with Gasteiger partial charge in [0.25, 0.3) is 0 Å². The van der Waals surface area contributed by atoms with Crippen LogP contribution in [0.1, 0.15) is 12.5 Å². The van der Waals surface area contributed by atoms with Crippen LogP contribution in [0.5, 0.6) is 0 Å². The van der Waals surface area contributed by atoms with E-state index in [1.807, 2.05) is 0 Å². The Morgan fingerprint density at radius 3 is 2.48 bits per heavy atom. The molecule has 1 aromatic carbocycles. The summed E-state index contributed by atoms with van der Waals surface area (Å²) in [5.41, 5.74) is 0.676. The third-order valence-corrected chi connectivity index (χ3v) is 5.94. The molecule has 0 heterocycles. The molecule has 0 aliphatic heterocycles. The van der Waals surface area contributed by atoms with Crippen LogP contribution in [0, 0.1) is 0 Å². The zero-order valence-electron chi connectivity index (χ0n) is 12.5. The average Bonchev–Trinajstić information content (AvgIpc) is 2.41. The molecule has 0 saturated heterocycles. The van der Waals surface area contributed by atoms with Crippen molar-refractivity contribution in [1.29, 1.82) is 0 Å². The second kappa shape index (κ2) is 7.76. The summed E-state index contributed by atoms with van der Waals surface area (Å²) in [7, 11) is 1.07. The minimum Gasteiger partial charge on any atom is -0.383 e. The van der Waals surface area contributed by atoms with E-state index < -0.39 is 10.0 Å². The third-order valence-electron chi connectivity index (χ3n) is 3.15. The molecule has 0 amide bonds. The number of ether oxygens (including phenoxy) is 1. The van der Waals surface area contributed by atoms with Gasteiger partial charge in [0.2, 0.25) is 10.0 Å². The monoisotopic (exact) mass is 354 g/mol. The van der Waals surface area contributed by atoms with Crippen LogP contribution in [0.4, 0.5) is 0 Å². The maximum Gasteiger partial charge on any atom is 0.244 e. The van der Waals surface area contributed by atoms with Crippen molar-refractivity contribution in [3.8, 4) is 0 Å². The number of likely N-dealkylation sites (N-methyl/N-ethyl adjacent to an activating group) is 1. The summed E-state index contributed by atoms with van der Waals surface area (Å²) >= 11 is 12.1. The number of benzene rings is 1. The van der Waals surface area contributed by atoms with Crippen molar-refractivity contribution in [3.05, 3.63) is 27.7 Å². The lowest BCUT2D eigenvalue weighted by Crippen LogP contribution is -2.38. The quantitative estimate of drug-likeness (QED) is 0.816. The van der Waals surface area contributed by atoms with Gasteiger partial charge in [0.1, 0.15) is 4.90 Å². The third kappa shape index (κ3) is 4.31. The molecule has 21 heavy (non-hydrogen) atoms. The van der Waals surface area contributed by atoms with Crippen molar-refractivity contribution in [1.82, 2.24) is 9.62 Å². The first kappa shape index (κ1) is 18.7. The van der Waals surface area contributed by atoms with Crippen LogP contribution in [0.2, 0.25) is 10.0 Å². The number of nitrogens with one attached hydrogen (secondary N) is 1. The summed E-state index contributed by atoms with van der Waals surface area (Å²) in [5, 5.41) is 3.48. The molecule has 0 fully saturated rings. The Kier molecular flexibility index (Phi) is 6.90. The van der Waals surface area contributed by atoms with Gasteiger partial charge in [-0.15, -0.1) is 0 Å². The highest BCUT2D eigenvalue weighted by atomic mass is 35.5. The number of rotatable bonds is 7. The summed E-state index contributed by atoms with van der Waals surface area (Å²) in [5.74, 6) is 0. The van der Waals surface area contributed by atoms with Gasteiger partial charge in [-0.3, -0.25) is 0 Å². The first-order chi connectivity index (χ1) is 9.75. The van der Waals surface area contributed by atoms with Crippen molar-refractivity contribution in [2.45, 2.75) is 24.4 Å². The molecule has 8 heteroatoms. The summed E-state index contributed by atoms with van der Waals surface area (Å²) < 4.78 is 31.6. The normalized spacial score (nSPS) is 13.7. The highest BCUT2D eigenvalue weighted by molar-refractivity contribution is 7.89. The zero-order valence-corrected chi connectivity index (χ0v) is 14.8. The molecule has 1 unspecified atom stereocenters. The van der Waals surface area contributed by atoms with E-state index in [0.717, 1.165) is 0 Å². The summed E-state index contributed by atoms with van der Waals surface area (Å²) in [6.45, 7) is 2.51. The van der Waals surface area contributed by atoms with Gasteiger partial charge in [-0.2, -0.15) is 4.31 Å². The molecule has 5 nitrogen and oxygen atoms in total. The number of hydrogen-bond donors (Lipinski definition) is 1. The second-order valence-corrected chi connectivity index (χ2v) is 7.51. The Hall–Kier alpha value is -0.370. The van der Waals surface area contributed by atoms with Crippen molar-refractivity contribution >= 4 is 33.2 Å². The average molecular weight is 355 g/mol. The fourth-order valence-electron chi connectivity index (χ4n) is 1.83. The van der Waals surface area contributed by atoms with Crippen LogP contribution in [0.3, 0.4) is 0 Å². The van der Waals surface area contributed by atoms with Gasteiger partial charge in [0.15, 0.2) is 0 Å². The van der Waals surface area contributed by atoms with Gasteiger partial charge >= 0.3 is 0 Å². The van der Waals surface area contributed by atoms with Crippen molar-refractivity contribution in [3.63, 3.8) is 0 Å². The van der Waals surface area contributed by atoms with Gasteiger partial charge in [0, 0.05) is 31.8 Å². The molecule has 120 valence electrons. The summed E-state index contributed by atoms with van der Waals surface area (Å²) in [6.07, 6.45) is 0. The summed E-state index contributed by atoms with van der Waals surface area (Å²) in [6, 6.07) is 2.66. The predicted octanol–water partition coefficient (Wildman–Crippen LogP) is 2.37. The fourth-order valence-corrected chi connectivity index (χ4v) is 4.02. The van der Waals surface area contributed by atoms with Gasteiger partial charge < -0.3 is 10.1 Å². The molecule has 1 aromatic rings. The predicted molar refractivity (Wildman–Crippen MR) is 85.5 cm³/mol. The van der Waals surface area contributed by atoms with Crippen LogP contribution in [0.15, 0.2) is 17.0 Å². The molecule has 0 aromatic heterocycles. The van der Waals surface area contributed by atoms with E-state index in [-0.39, 0.29) is 16.0 Å². The van der Waals surface area contributed by atoms with Crippen molar-refractivity contribution in [2.75, 3.05) is 27.8 Å². The number of nitrogens with zero attached hydrogens (tertiary/aromatic N) is 1. The Labute approximate surface area is 136 Å². The molecular formula is C13H20Cl2N2O3S. The van der Waals surface area contributed by atoms with Gasteiger partial charge in [-0.05, 0) is 31.7 Å². The Morgan fingerprint density at radius 2 is 1.95 bits per heavy atom. The Balaban J connectivity index is 3.27. The molecule has 0 bridgehead atoms. The van der Waals surface area contributed by atoms with E-state index in [0.29, 0.717) is 23.7 Å².